The summed E-state index contributed by atoms with van der Waals surface area (Å²) < 4.78 is 0. The number of nitrogens with two attached hydrogens (primary N) is 1. The molecule has 0 saturated carbocycles. The summed E-state index contributed by atoms with van der Waals surface area (Å²) in [6, 6.07) is 0.729. The molecular formula is C14H31N3. The Bertz CT molecular complexity index is 220. The number of hydrogen-bond donors (Lipinski definition) is 1. The third kappa shape index (κ3) is 4.23. The molecule has 0 bridgehead atoms. The maximum Gasteiger partial charge on any atom is 0.0218 e. The summed E-state index contributed by atoms with van der Waals surface area (Å²) >= 11 is 0. The second kappa shape index (κ2) is 6.72. The zero-order valence-electron chi connectivity index (χ0n) is 12.2. The van der Waals surface area contributed by atoms with E-state index in [0.717, 1.165) is 12.6 Å². The Morgan fingerprint density at radius 3 is 2.53 bits per heavy atom. The van der Waals surface area contributed by atoms with Crippen molar-refractivity contribution in [3.05, 3.63) is 0 Å². The van der Waals surface area contributed by atoms with Gasteiger partial charge in [0.25, 0.3) is 0 Å². The van der Waals surface area contributed by atoms with E-state index in [1.165, 1.54) is 45.4 Å². The van der Waals surface area contributed by atoms with Gasteiger partial charge in [-0.05, 0) is 31.8 Å². The Kier molecular flexibility index (Phi) is 5.90. The van der Waals surface area contributed by atoms with Crippen molar-refractivity contribution in [2.45, 2.75) is 46.1 Å². The fourth-order valence-electron chi connectivity index (χ4n) is 2.98. The Morgan fingerprint density at radius 2 is 2.00 bits per heavy atom. The van der Waals surface area contributed by atoms with Gasteiger partial charge >= 0.3 is 0 Å². The Balaban J connectivity index is 2.50. The Hall–Kier alpha value is -0.120. The fraction of sp³-hybridized carbons (Fsp3) is 1.00. The molecule has 0 amide bonds. The average Bonchev–Trinajstić information content (AvgIpc) is 2.32. The average molecular weight is 241 g/mol. The van der Waals surface area contributed by atoms with Crippen LogP contribution >= 0.6 is 0 Å². The number of nitrogens with zero attached hydrogens (tertiary/aromatic N) is 2. The molecular weight excluding hydrogens is 210 g/mol. The van der Waals surface area contributed by atoms with Gasteiger partial charge in [0.15, 0.2) is 0 Å². The highest BCUT2D eigenvalue weighted by Gasteiger charge is 2.29. The molecule has 0 aromatic carbocycles. The third-order valence-electron chi connectivity index (χ3n) is 4.28. The molecule has 17 heavy (non-hydrogen) atoms. The van der Waals surface area contributed by atoms with Crippen LogP contribution < -0.4 is 5.73 Å². The molecule has 1 heterocycles. The van der Waals surface area contributed by atoms with Gasteiger partial charge in [0, 0.05) is 32.2 Å². The summed E-state index contributed by atoms with van der Waals surface area (Å²) in [5, 5.41) is 0. The van der Waals surface area contributed by atoms with Crippen molar-refractivity contribution in [1.82, 2.24) is 9.80 Å². The van der Waals surface area contributed by atoms with E-state index >= 15 is 0 Å². The van der Waals surface area contributed by atoms with Crippen LogP contribution in [0.4, 0.5) is 0 Å². The summed E-state index contributed by atoms with van der Waals surface area (Å²) in [5.41, 5.74) is 6.28. The predicted octanol–water partition coefficient (Wildman–Crippen LogP) is 1.78. The van der Waals surface area contributed by atoms with Gasteiger partial charge in [-0.25, -0.2) is 0 Å². The minimum Gasteiger partial charge on any atom is -0.330 e. The minimum atomic E-state index is 0.308. The van der Waals surface area contributed by atoms with Gasteiger partial charge in [-0.3, -0.25) is 4.90 Å². The molecule has 1 rings (SSSR count). The molecule has 1 saturated heterocycles. The molecule has 102 valence electrons. The molecule has 0 aliphatic carbocycles. The molecule has 1 aliphatic heterocycles. The van der Waals surface area contributed by atoms with Gasteiger partial charge in [0.05, 0.1) is 0 Å². The maximum atomic E-state index is 5.97. The molecule has 0 spiro atoms. The van der Waals surface area contributed by atoms with Gasteiger partial charge in [-0.15, -0.1) is 0 Å². The van der Waals surface area contributed by atoms with Crippen molar-refractivity contribution in [2.75, 3.05) is 39.8 Å². The van der Waals surface area contributed by atoms with E-state index in [1.807, 2.05) is 0 Å². The topological polar surface area (TPSA) is 32.5 Å². The van der Waals surface area contributed by atoms with Crippen molar-refractivity contribution in [3.63, 3.8) is 0 Å². The van der Waals surface area contributed by atoms with Gasteiger partial charge in [-0.2, -0.15) is 0 Å². The zero-order chi connectivity index (χ0) is 12.9. The van der Waals surface area contributed by atoms with Crippen molar-refractivity contribution in [3.8, 4) is 0 Å². The molecule has 0 aromatic heterocycles. The van der Waals surface area contributed by atoms with Gasteiger partial charge in [-0.1, -0.05) is 27.2 Å². The van der Waals surface area contributed by atoms with Crippen molar-refractivity contribution < 1.29 is 0 Å². The molecule has 0 aromatic rings. The second-order valence-corrected chi connectivity index (χ2v) is 6.04. The van der Waals surface area contributed by atoms with Gasteiger partial charge in [0.2, 0.25) is 0 Å². The normalized spacial score (nSPS) is 27.0. The highest BCUT2D eigenvalue weighted by Crippen LogP contribution is 2.24. The van der Waals surface area contributed by atoms with Crippen LogP contribution in [-0.2, 0) is 0 Å². The van der Waals surface area contributed by atoms with Crippen LogP contribution in [0.25, 0.3) is 0 Å². The first-order chi connectivity index (χ1) is 8.04. The third-order valence-corrected chi connectivity index (χ3v) is 4.28. The quantitative estimate of drug-likeness (QED) is 0.769. The SMILES string of the molecule is CCCC(C)(CN)CN1CCN(C)C(CC)C1. The van der Waals surface area contributed by atoms with Gasteiger partial charge in [0.1, 0.15) is 0 Å². The molecule has 0 radical (unpaired) electrons. The largest absolute Gasteiger partial charge is 0.330 e. The zero-order valence-corrected chi connectivity index (χ0v) is 12.2. The highest BCUT2D eigenvalue weighted by molar-refractivity contribution is 4.85. The summed E-state index contributed by atoms with van der Waals surface area (Å²) in [5.74, 6) is 0. The van der Waals surface area contributed by atoms with E-state index in [-0.39, 0.29) is 0 Å². The number of hydrogen-bond acceptors (Lipinski definition) is 3. The lowest BCUT2D eigenvalue weighted by atomic mass is 9.84. The molecule has 1 fully saturated rings. The maximum absolute atomic E-state index is 5.97. The van der Waals surface area contributed by atoms with Crippen LogP contribution in [0.3, 0.4) is 0 Å². The second-order valence-electron chi connectivity index (χ2n) is 6.04. The lowest BCUT2D eigenvalue weighted by Gasteiger charge is -2.43. The van der Waals surface area contributed by atoms with E-state index in [1.54, 1.807) is 0 Å². The number of piperazine rings is 1. The Morgan fingerprint density at radius 1 is 1.29 bits per heavy atom. The van der Waals surface area contributed by atoms with E-state index in [2.05, 4.69) is 37.6 Å². The predicted molar refractivity (Wildman–Crippen MR) is 75.2 cm³/mol. The van der Waals surface area contributed by atoms with E-state index < -0.39 is 0 Å². The Labute approximate surface area is 107 Å². The van der Waals surface area contributed by atoms with Crippen LogP contribution in [0.1, 0.15) is 40.0 Å². The lowest BCUT2D eigenvalue weighted by Crippen LogP contribution is -2.54. The van der Waals surface area contributed by atoms with Crippen LogP contribution in [0.15, 0.2) is 0 Å². The molecule has 3 nitrogen and oxygen atoms in total. The van der Waals surface area contributed by atoms with Crippen LogP contribution in [-0.4, -0.2) is 55.6 Å². The first kappa shape index (κ1) is 14.9. The van der Waals surface area contributed by atoms with E-state index in [0.29, 0.717) is 5.41 Å². The molecule has 3 heteroatoms. The molecule has 1 aliphatic rings. The monoisotopic (exact) mass is 241 g/mol. The first-order valence-corrected chi connectivity index (χ1v) is 7.17. The highest BCUT2D eigenvalue weighted by atomic mass is 15.3. The minimum absolute atomic E-state index is 0.308. The van der Waals surface area contributed by atoms with Crippen molar-refractivity contribution >= 4 is 0 Å². The van der Waals surface area contributed by atoms with Gasteiger partial charge < -0.3 is 10.6 Å². The molecule has 2 atom stereocenters. The van der Waals surface area contributed by atoms with Crippen LogP contribution in [0.5, 0.6) is 0 Å². The standard InChI is InChI=1S/C14H31N3/c1-5-7-14(3,11-15)12-17-9-8-16(4)13(6-2)10-17/h13H,5-12,15H2,1-4H3. The van der Waals surface area contributed by atoms with Crippen LogP contribution in [0.2, 0.25) is 0 Å². The summed E-state index contributed by atoms with van der Waals surface area (Å²) in [4.78, 5) is 5.12. The number of likely N-dealkylation sites (N-methyl/N-ethyl adjacent to an activating group) is 1. The fourth-order valence-corrected chi connectivity index (χ4v) is 2.98. The van der Waals surface area contributed by atoms with Crippen molar-refractivity contribution in [2.24, 2.45) is 11.1 Å². The number of rotatable bonds is 6. The smallest absolute Gasteiger partial charge is 0.0218 e. The summed E-state index contributed by atoms with van der Waals surface area (Å²) in [7, 11) is 2.25. The summed E-state index contributed by atoms with van der Waals surface area (Å²) in [6.45, 7) is 12.5. The molecule has 2 N–H and O–H groups in total. The first-order valence-electron chi connectivity index (χ1n) is 7.17. The van der Waals surface area contributed by atoms with E-state index in [4.69, 9.17) is 5.73 Å². The van der Waals surface area contributed by atoms with Crippen LogP contribution in [0, 0.1) is 5.41 Å². The summed E-state index contributed by atoms with van der Waals surface area (Å²) in [6.07, 6.45) is 3.73. The van der Waals surface area contributed by atoms with E-state index in [9.17, 15) is 0 Å². The van der Waals surface area contributed by atoms with Crippen molar-refractivity contribution in [1.29, 1.82) is 0 Å². The molecule has 2 unspecified atom stereocenters. The lowest BCUT2D eigenvalue weighted by molar-refractivity contribution is 0.0605.